The van der Waals surface area contributed by atoms with E-state index in [1.54, 1.807) is 11.0 Å². The molecule has 0 aliphatic carbocycles. The lowest BCUT2D eigenvalue weighted by atomic mass is 10.0. The van der Waals surface area contributed by atoms with E-state index in [0.717, 1.165) is 28.3 Å². The van der Waals surface area contributed by atoms with Crippen LogP contribution in [0.15, 0.2) is 54.7 Å². The van der Waals surface area contributed by atoms with E-state index in [1.165, 1.54) is 0 Å². The first-order chi connectivity index (χ1) is 14.5. The Labute approximate surface area is 173 Å². The molecule has 2 aliphatic heterocycles. The molecule has 1 atom stereocenters. The number of hydrogen-bond donors (Lipinski definition) is 1. The van der Waals surface area contributed by atoms with Crippen molar-refractivity contribution < 1.29 is 14.4 Å². The highest BCUT2D eigenvalue weighted by Gasteiger charge is 2.39. The summed E-state index contributed by atoms with van der Waals surface area (Å²) in [7, 11) is 0. The molecule has 1 aromatic heterocycles. The van der Waals surface area contributed by atoms with Crippen LogP contribution in [0.3, 0.4) is 0 Å². The van der Waals surface area contributed by atoms with Crippen molar-refractivity contribution >= 4 is 17.7 Å². The number of amides is 3. The third kappa shape index (κ3) is 2.99. The summed E-state index contributed by atoms with van der Waals surface area (Å²) < 4.78 is 2.03. The van der Waals surface area contributed by atoms with Crippen LogP contribution < -0.4 is 5.32 Å². The highest BCUT2D eigenvalue weighted by molar-refractivity contribution is 6.05. The van der Waals surface area contributed by atoms with E-state index < -0.39 is 11.9 Å². The molecule has 0 bridgehead atoms. The van der Waals surface area contributed by atoms with Crippen molar-refractivity contribution in [2.24, 2.45) is 0 Å². The fraction of sp³-hybridized carbons (Fsp3) is 0.217. The molecule has 3 heterocycles. The van der Waals surface area contributed by atoms with Crippen LogP contribution >= 0.6 is 0 Å². The molecule has 7 nitrogen and oxygen atoms in total. The Kier molecular flexibility index (Phi) is 4.24. The second-order valence-electron chi connectivity index (χ2n) is 7.68. The van der Waals surface area contributed by atoms with Crippen LogP contribution in [-0.2, 0) is 16.1 Å². The number of para-hydroxylation sites is 1. The third-order valence-electron chi connectivity index (χ3n) is 5.64. The first-order valence-electron chi connectivity index (χ1n) is 9.90. The van der Waals surface area contributed by atoms with Crippen molar-refractivity contribution in [3.05, 3.63) is 71.5 Å². The number of imidazole rings is 1. The first kappa shape index (κ1) is 18.3. The van der Waals surface area contributed by atoms with Crippen LogP contribution in [0.1, 0.15) is 34.5 Å². The summed E-state index contributed by atoms with van der Waals surface area (Å²) in [5, 5.41) is 2.33. The minimum absolute atomic E-state index is 0.173. The Morgan fingerprint density at radius 1 is 1.07 bits per heavy atom. The van der Waals surface area contributed by atoms with Crippen LogP contribution in [0, 0.1) is 6.92 Å². The molecule has 0 spiro atoms. The highest BCUT2D eigenvalue weighted by Crippen LogP contribution is 2.31. The van der Waals surface area contributed by atoms with E-state index in [4.69, 9.17) is 4.98 Å². The summed E-state index contributed by atoms with van der Waals surface area (Å²) >= 11 is 0. The van der Waals surface area contributed by atoms with Gasteiger partial charge in [-0.1, -0.05) is 24.3 Å². The van der Waals surface area contributed by atoms with E-state index in [2.05, 4.69) is 5.32 Å². The number of aromatic nitrogens is 2. The third-order valence-corrected chi connectivity index (χ3v) is 5.64. The Hall–Kier alpha value is -3.74. The standard InChI is InChI=1S/C23H20N4O3/c1-14-12-26(17-5-3-2-4-6-17)21(24-14)15-7-8-18-16(11-15)13-27(23(18)30)19-9-10-20(28)25-22(19)29/h2-8,11-12,19H,9-10,13H2,1H3,(H,25,28,29). The molecule has 150 valence electrons. The van der Waals surface area contributed by atoms with Gasteiger partial charge in [0.15, 0.2) is 0 Å². The number of carbonyl (C=O) groups excluding carboxylic acids is 3. The fourth-order valence-corrected chi connectivity index (χ4v) is 4.20. The molecule has 1 fully saturated rings. The van der Waals surface area contributed by atoms with Crippen molar-refractivity contribution in [2.75, 3.05) is 0 Å². The molecule has 7 heteroatoms. The van der Waals surface area contributed by atoms with Crippen LogP contribution in [0.4, 0.5) is 0 Å². The molecular weight excluding hydrogens is 380 g/mol. The number of imide groups is 1. The van der Waals surface area contributed by atoms with Gasteiger partial charge in [0.2, 0.25) is 11.8 Å². The predicted octanol–water partition coefficient (Wildman–Crippen LogP) is 2.61. The van der Waals surface area contributed by atoms with Crippen molar-refractivity contribution in [3.63, 3.8) is 0 Å². The molecule has 0 radical (unpaired) electrons. The van der Waals surface area contributed by atoms with Gasteiger partial charge in [-0.25, -0.2) is 4.98 Å². The second-order valence-corrected chi connectivity index (χ2v) is 7.68. The summed E-state index contributed by atoms with van der Waals surface area (Å²) in [6.45, 7) is 2.30. The van der Waals surface area contributed by atoms with Gasteiger partial charge in [0, 0.05) is 36.0 Å². The van der Waals surface area contributed by atoms with E-state index in [0.29, 0.717) is 18.5 Å². The number of piperidine rings is 1. The molecule has 30 heavy (non-hydrogen) atoms. The van der Waals surface area contributed by atoms with Gasteiger partial charge in [-0.05, 0) is 43.2 Å². The number of hydrogen-bond acceptors (Lipinski definition) is 4. The number of benzene rings is 2. The summed E-state index contributed by atoms with van der Waals surface area (Å²) in [6.07, 6.45) is 2.59. The minimum atomic E-state index is -0.611. The number of carbonyl (C=O) groups is 3. The van der Waals surface area contributed by atoms with Gasteiger partial charge in [0.05, 0.1) is 5.69 Å². The first-order valence-corrected chi connectivity index (χ1v) is 9.90. The lowest BCUT2D eigenvalue weighted by Gasteiger charge is -2.29. The zero-order valence-corrected chi connectivity index (χ0v) is 16.5. The topological polar surface area (TPSA) is 84.3 Å². The largest absolute Gasteiger partial charge is 0.322 e. The molecule has 3 aromatic rings. The maximum Gasteiger partial charge on any atom is 0.255 e. The quantitative estimate of drug-likeness (QED) is 0.685. The fourth-order valence-electron chi connectivity index (χ4n) is 4.20. The normalized spacial score (nSPS) is 18.5. The number of aryl methyl sites for hydroxylation is 1. The van der Waals surface area contributed by atoms with Gasteiger partial charge in [-0.15, -0.1) is 0 Å². The summed E-state index contributed by atoms with van der Waals surface area (Å²) in [5.74, 6) is -0.0595. The lowest BCUT2D eigenvalue weighted by Crippen LogP contribution is -2.52. The summed E-state index contributed by atoms with van der Waals surface area (Å²) in [4.78, 5) is 42.8. The van der Waals surface area contributed by atoms with Gasteiger partial charge in [-0.2, -0.15) is 0 Å². The van der Waals surface area contributed by atoms with Crippen molar-refractivity contribution in [3.8, 4) is 17.1 Å². The Morgan fingerprint density at radius 2 is 1.87 bits per heavy atom. The van der Waals surface area contributed by atoms with Gasteiger partial charge >= 0.3 is 0 Å². The molecule has 5 rings (SSSR count). The molecule has 3 amide bonds. The van der Waals surface area contributed by atoms with E-state index in [9.17, 15) is 14.4 Å². The molecule has 1 saturated heterocycles. The van der Waals surface area contributed by atoms with Gasteiger partial charge in [0.25, 0.3) is 5.91 Å². The number of nitrogens with zero attached hydrogens (tertiary/aromatic N) is 3. The van der Waals surface area contributed by atoms with Crippen molar-refractivity contribution in [1.29, 1.82) is 0 Å². The average molecular weight is 400 g/mol. The number of nitrogens with one attached hydrogen (secondary N) is 1. The zero-order valence-electron chi connectivity index (χ0n) is 16.5. The Bertz CT molecular complexity index is 1180. The maximum atomic E-state index is 12.9. The molecule has 1 unspecified atom stereocenters. The van der Waals surface area contributed by atoms with Crippen molar-refractivity contribution in [2.45, 2.75) is 32.4 Å². The minimum Gasteiger partial charge on any atom is -0.322 e. The zero-order chi connectivity index (χ0) is 20.8. The molecular formula is C23H20N4O3. The smallest absolute Gasteiger partial charge is 0.255 e. The summed E-state index contributed by atoms with van der Waals surface area (Å²) in [5.41, 5.74) is 4.27. The monoisotopic (exact) mass is 400 g/mol. The Morgan fingerprint density at radius 3 is 2.63 bits per heavy atom. The van der Waals surface area contributed by atoms with Gasteiger partial charge < -0.3 is 4.90 Å². The molecule has 0 saturated carbocycles. The van der Waals surface area contributed by atoms with Crippen LogP contribution in [0.5, 0.6) is 0 Å². The molecule has 1 N–H and O–H groups in total. The van der Waals surface area contributed by atoms with Crippen LogP contribution in [0.2, 0.25) is 0 Å². The number of rotatable bonds is 3. The highest BCUT2D eigenvalue weighted by atomic mass is 16.2. The lowest BCUT2D eigenvalue weighted by molar-refractivity contribution is -0.136. The number of fused-ring (bicyclic) bond motifs is 1. The van der Waals surface area contributed by atoms with Crippen LogP contribution in [-0.4, -0.2) is 38.2 Å². The molecule has 2 aromatic carbocycles. The van der Waals surface area contributed by atoms with Gasteiger partial charge in [-0.3, -0.25) is 24.3 Å². The maximum absolute atomic E-state index is 12.9. The predicted molar refractivity (Wildman–Crippen MR) is 110 cm³/mol. The van der Waals surface area contributed by atoms with E-state index in [-0.39, 0.29) is 18.2 Å². The van der Waals surface area contributed by atoms with Gasteiger partial charge in [0.1, 0.15) is 11.9 Å². The Balaban J connectivity index is 1.49. The van der Waals surface area contributed by atoms with E-state index >= 15 is 0 Å². The molecule has 2 aliphatic rings. The van der Waals surface area contributed by atoms with Crippen molar-refractivity contribution in [1.82, 2.24) is 19.8 Å². The SMILES string of the molecule is Cc1cn(-c2ccccc2)c(-c2ccc3c(c2)CN(C2CCC(=O)NC2=O)C3=O)n1. The average Bonchev–Trinajstić information content (AvgIpc) is 3.29. The van der Waals surface area contributed by atoms with E-state index in [1.807, 2.05) is 60.2 Å². The second kappa shape index (κ2) is 6.95. The summed E-state index contributed by atoms with van der Waals surface area (Å²) in [6, 6.07) is 15.0. The van der Waals surface area contributed by atoms with Crippen LogP contribution in [0.25, 0.3) is 17.1 Å².